The first-order chi connectivity index (χ1) is 10.4. The second-order valence-corrected chi connectivity index (χ2v) is 5.70. The molecule has 2 rings (SSSR count). The molecule has 0 radical (unpaired) electrons. The number of methoxy groups -OCH3 is 1. The second kappa shape index (κ2) is 6.17. The maximum atomic E-state index is 12.5. The number of amides is 2. The van der Waals surface area contributed by atoms with Crippen LogP contribution < -0.4 is 10.6 Å². The SMILES string of the molecule is COC(=O)c1ccccc1NC(=O)C1(C(=O)NC(C)C)CC1. The molecule has 0 bridgehead atoms. The minimum atomic E-state index is -1.02. The molecular formula is C16H20N2O4. The molecule has 0 heterocycles. The molecule has 0 atom stereocenters. The summed E-state index contributed by atoms with van der Waals surface area (Å²) in [6.07, 6.45) is 1.02. The lowest BCUT2D eigenvalue weighted by Gasteiger charge is -2.18. The summed E-state index contributed by atoms with van der Waals surface area (Å²) in [5, 5.41) is 5.45. The molecule has 6 heteroatoms. The summed E-state index contributed by atoms with van der Waals surface area (Å²) >= 11 is 0. The number of para-hydroxylation sites is 1. The fourth-order valence-electron chi connectivity index (χ4n) is 2.20. The smallest absolute Gasteiger partial charge is 0.339 e. The molecule has 1 saturated carbocycles. The van der Waals surface area contributed by atoms with Crippen LogP contribution in [0.1, 0.15) is 37.0 Å². The Kier molecular flexibility index (Phi) is 4.49. The molecule has 0 spiro atoms. The zero-order valence-electron chi connectivity index (χ0n) is 12.9. The van der Waals surface area contributed by atoms with E-state index in [-0.39, 0.29) is 23.4 Å². The van der Waals surface area contributed by atoms with Crippen molar-refractivity contribution in [3.05, 3.63) is 29.8 Å². The second-order valence-electron chi connectivity index (χ2n) is 5.70. The van der Waals surface area contributed by atoms with Crippen molar-refractivity contribution in [2.24, 2.45) is 5.41 Å². The van der Waals surface area contributed by atoms with Crippen LogP contribution in [-0.4, -0.2) is 30.9 Å². The van der Waals surface area contributed by atoms with Crippen molar-refractivity contribution in [2.75, 3.05) is 12.4 Å². The van der Waals surface area contributed by atoms with E-state index in [0.29, 0.717) is 18.5 Å². The Labute approximate surface area is 129 Å². The highest BCUT2D eigenvalue weighted by molar-refractivity contribution is 6.14. The summed E-state index contributed by atoms with van der Waals surface area (Å²) in [5.41, 5.74) is -0.408. The van der Waals surface area contributed by atoms with Gasteiger partial charge in [0.2, 0.25) is 11.8 Å². The molecule has 0 aromatic heterocycles. The van der Waals surface area contributed by atoms with Crippen molar-refractivity contribution >= 4 is 23.5 Å². The van der Waals surface area contributed by atoms with Crippen LogP contribution in [0.5, 0.6) is 0 Å². The molecule has 118 valence electrons. The number of esters is 1. The summed E-state index contributed by atoms with van der Waals surface area (Å²) in [4.78, 5) is 36.3. The van der Waals surface area contributed by atoms with Crippen LogP contribution >= 0.6 is 0 Å². The van der Waals surface area contributed by atoms with Crippen LogP contribution in [0.4, 0.5) is 5.69 Å². The van der Waals surface area contributed by atoms with Gasteiger partial charge in [-0.1, -0.05) is 12.1 Å². The monoisotopic (exact) mass is 304 g/mol. The van der Waals surface area contributed by atoms with E-state index in [4.69, 9.17) is 4.74 Å². The summed E-state index contributed by atoms with van der Waals surface area (Å²) in [5.74, 6) is -1.19. The molecule has 2 amide bonds. The van der Waals surface area contributed by atoms with Crippen LogP contribution in [0, 0.1) is 5.41 Å². The Bertz CT molecular complexity index is 606. The number of ether oxygens (including phenoxy) is 1. The number of benzene rings is 1. The first kappa shape index (κ1) is 16.0. The molecule has 1 aliphatic rings. The van der Waals surface area contributed by atoms with Gasteiger partial charge < -0.3 is 15.4 Å². The van der Waals surface area contributed by atoms with Gasteiger partial charge in [0.05, 0.1) is 18.4 Å². The van der Waals surface area contributed by atoms with E-state index in [2.05, 4.69) is 10.6 Å². The summed E-state index contributed by atoms with van der Waals surface area (Å²) in [6.45, 7) is 3.69. The third-order valence-electron chi connectivity index (χ3n) is 3.62. The molecule has 1 aliphatic carbocycles. The number of hydrogen-bond acceptors (Lipinski definition) is 4. The normalized spacial score (nSPS) is 15.1. The van der Waals surface area contributed by atoms with E-state index >= 15 is 0 Å². The summed E-state index contributed by atoms with van der Waals surface area (Å²) in [6, 6.07) is 6.53. The standard InChI is InChI=1S/C16H20N2O4/c1-10(2)17-14(20)16(8-9-16)15(21)18-12-7-5-4-6-11(12)13(19)22-3/h4-7,10H,8-9H2,1-3H3,(H,17,20)(H,18,21). The van der Waals surface area contributed by atoms with Gasteiger partial charge in [-0.15, -0.1) is 0 Å². The summed E-state index contributed by atoms with van der Waals surface area (Å²) < 4.78 is 4.69. The molecular weight excluding hydrogens is 284 g/mol. The maximum absolute atomic E-state index is 12.5. The van der Waals surface area contributed by atoms with Crippen LogP contribution in [-0.2, 0) is 14.3 Å². The average molecular weight is 304 g/mol. The largest absolute Gasteiger partial charge is 0.465 e. The highest BCUT2D eigenvalue weighted by atomic mass is 16.5. The van der Waals surface area contributed by atoms with Crippen LogP contribution in [0.2, 0.25) is 0 Å². The maximum Gasteiger partial charge on any atom is 0.339 e. The van der Waals surface area contributed by atoms with E-state index in [9.17, 15) is 14.4 Å². The Morgan fingerprint density at radius 2 is 1.77 bits per heavy atom. The fourth-order valence-corrected chi connectivity index (χ4v) is 2.20. The highest BCUT2D eigenvalue weighted by Gasteiger charge is 2.56. The predicted octanol–water partition coefficient (Wildman–Crippen LogP) is 1.72. The lowest BCUT2D eigenvalue weighted by molar-refractivity contribution is -0.134. The predicted molar refractivity (Wildman–Crippen MR) is 81.4 cm³/mol. The first-order valence-corrected chi connectivity index (χ1v) is 7.20. The van der Waals surface area contributed by atoms with Crippen LogP contribution in [0.25, 0.3) is 0 Å². The Balaban J connectivity index is 2.16. The average Bonchev–Trinajstić information content (AvgIpc) is 3.28. The van der Waals surface area contributed by atoms with Crippen molar-refractivity contribution in [2.45, 2.75) is 32.7 Å². The van der Waals surface area contributed by atoms with E-state index in [0.717, 1.165) is 0 Å². The highest BCUT2D eigenvalue weighted by Crippen LogP contribution is 2.47. The fraction of sp³-hybridized carbons (Fsp3) is 0.438. The molecule has 0 unspecified atom stereocenters. The molecule has 1 aromatic rings. The van der Waals surface area contributed by atoms with Gasteiger partial charge in [-0.2, -0.15) is 0 Å². The van der Waals surface area contributed by atoms with Gasteiger partial charge in [0.25, 0.3) is 0 Å². The van der Waals surface area contributed by atoms with E-state index < -0.39 is 11.4 Å². The topological polar surface area (TPSA) is 84.5 Å². The van der Waals surface area contributed by atoms with Crippen LogP contribution in [0.3, 0.4) is 0 Å². The quantitative estimate of drug-likeness (QED) is 0.641. The lowest BCUT2D eigenvalue weighted by Crippen LogP contribution is -2.42. The van der Waals surface area contributed by atoms with Crippen molar-refractivity contribution in [1.29, 1.82) is 0 Å². The first-order valence-electron chi connectivity index (χ1n) is 7.20. The minimum absolute atomic E-state index is 0.0277. The van der Waals surface area contributed by atoms with Gasteiger partial charge >= 0.3 is 5.97 Å². The van der Waals surface area contributed by atoms with Crippen LogP contribution in [0.15, 0.2) is 24.3 Å². The number of carbonyl (C=O) groups is 3. The van der Waals surface area contributed by atoms with Crippen molar-refractivity contribution < 1.29 is 19.1 Å². The zero-order chi connectivity index (χ0) is 16.3. The van der Waals surface area contributed by atoms with Gasteiger partial charge in [0.1, 0.15) is 5.41 Å². The molecule has 2 N–H and O–H groups in total. The third-order valence-corrected chi connectivity index (χ3v) is 3.62. The van der Waals surface area contributed by atoms with Gasteiger partial charge in [-0.05, 0) is 38.8 Å². The van der Waals surface area contributed by atoms with Gasteiger partial charge in [-0.3, -0.25) is 9.59 Å². The zero-order valence-corrected chi connectivity index (χ0v) is 12.9. The van der Waals surface area contributed by atoms with Gasteiger partial charge in [-0.25, -0.2) is 4.79 Å². The van der Waals surface area contributed by atoms with Gasteiger partial charge in [0.15, 0.2) is 0 Å². The Morgan fingerprint density at radius 3 is 2.32 bits per heavy atom. The number of rotatable bonds is 5. The number of carbonyl (C=O) groups excluding carboxylic acids is 3. The Morgan fingerprint density at radius 1 is 1.14 bits per heavy atom. The summed E-state index contributed by atoms with van der Waals surface area (Å²) in [7, 11) is 1.28. The molecule has 1 fully saturated rings. The van der Waals surface area contributed by atoms with Crippen molar-refractivity contribution in [3.8, 4) is 0 Å². The molecule has 6 nitrogen and oxygen atoms in total. The van der Waals surface area contributed by atoms with E-state index in [1.807, 2.05) is 13.8 Å². The van der Waals surface area contributed by atoms with Gasteiger partial charge in [0, 0.05) is 6.04 Å². The lowest BCUT2D eigenvalue weighted by atomic mass is 10.0. The third kappa shape index (κ3) is 3.10. The number of hydrogen-bond donors (Lipinski definition) is 2. The molecule has 0 saturated heterocycles. The number of anilines is 1. The van der Waals surface area contributed by atoms with Crippen molar-refractivity contribution in [3.63, 3.8) is 0 Å². The molecule has 1 aromatic carbocycles. The number of nitrogens with one attached hydrogen (secondary N) is 2. The Hall–Kier alpha value is -2.37. The minimum Gasteiger partial charge on any atom is -0.465 e. The van der Waals surface area contributed by atoms with E-state index in [1.165, 1.54) is 7.11 Å². The molecule has 22 heavy (non-hydrogen) atoms. The van der Waals surface area contributed by atoms with E-state index in [1.54, 1.807) is 24.3 Å². The van der Waals surface area contributed by atoms with Crippen molar-refractivity contribution in [1.82, 2.24) is 5.32 Å². The molecule has 0 aliphatic heterocycles.